The number of rotatable bonds is 4. The van der Waals surface area contributed by atoms with Gasteiger partial charge >= 0.3 is 5.97 Å². The smallest absolute Gasteiger partial charge is 0.325 e. The molecule has 1 aliphatic rings. The molecule has 1 amide bonds. The highest BCUT2D eigenvalue weighted by molar-refractivity contribution is 7.80. The molecule has 0 bridgehead atoms. The maximum Gasteiger partial charge on any atom is 0.325 e. The molecule has 7 heteroatoms. The lowest BCUT2D eigenvalue weighted by atomic mass is 10.0. The van der Waals surface area contributed by atoms with Crippen molar-refractivity contribution in [3.05, 3.63) is 34.5 Å². The van der Waals surface area contributed by atoms with Crippen molar-refractivity contribution >= 4 is 35.3 Å². The van der Waals surface area contributed by atoms with Gasteiger partial charge in [-0.05, 0) is 61.0 Å². The second kappa shape index (κ2) is 6.78. The second-order valence-corrected chi connectivity index (χ2v) is 5.52. The van der Waals surface area contributed by atoms with Gasteiger partial charge in [-0.15, -0.1) is 0 Å². The van der Waals surface area contributed by atoms with Gasteiger partial charge in [0.05, 0.1) is 14.2 Å². The zero-order valence-corrected chi connectivity index (χ0v) is 14.2. The highest BCUT2D eigenvalue weighted by Crippen LogP contribution is 2.25. The molecule has 23 heavy (non-hydrogen) atoms. The topological polar surface area (TPSA) is 67.9 Å². The van der Waals surface area contributed by atoms with E-state index in [9.17, 15) is 9.59 Å². The van der Waals surface area contributed by atoms with Crippen LogP contribution in [0.2, 0.25) is 0 Å². The summed E-state index contributed by atoms with van der Waals surface area (Å²) in [7, 11) is 2.88. The van der Waals surface area contributed by atoms with E-state index in [1.54, 1.807) is 13.2 Å². The van der Waals surface area contributed by atoms with Gasteiger partial charge in [-0.25, -0.2) is 0 Å². The van der Waals surface area contributed by atoms with E-state index in [2.05, 4.69) is 10.1 Å². The van der Waals surface area contributed by atoms with Gasteiger partial charge in [0.25, 0.3) is 5.91 Å². The lowest BCUT2D eigenvalue weighted by Crippen LogP contribution is -2.35. The average molecular weight is 334 g/mol. The minimum absolute atomic E-state index is 0.189. The molecule has 1 aromatic rings. The molecule has 122 valence electrons. The largest absolute Gasteiger partial charge is 0.496 e. The molecule has 0 aliphatic carbocycles. The highest BCUT2D eigenvalue weighted by Gasteiger charge is 2.32. The van der Waals surface area contributed by atoms with Crippen LogP contribution in [0.3, 0.4) is 0 Å². The van der Waals surface area contributed by atoms with Gasteiger partial charge in [0.1, 0.15) is 18.0 Å². The van der Waals surface area contributed by atoms with Crippen LogP contribution >= 0.6 is 12.2 Å². The molecule has 1 N–H and O–H groups in total. The van der Waals surface area contributed by atoms with E-state index in [0.29, 0.717) is 5.70 Å². The molecule has 1 heterocycles. The average Bonchev–Trinajstić information content (AvgIpc) is 2.77. The first-order valence-corrected chi connectivity index (χ1v) is 7.34. The SMILES string of the molecule is COC(=O)CN1C(=O)/C(=C/c2cc(C)c(OC)cc2C)NC1=S. The van der Waals surface area contributed by atoms with E-state index in [1.807, 2.05) is 26.0 Å². The Morgan fingerprint density at radius 2 is 2.00 bits per heavy atom. The number of amides is 1. The van der Waals surface area contributed by atoms with Crippen molar-refractivity contribution in [2.75, 3.05) is 20.8 Å². The van der Waals surface area contributed by atoms with Crippen molar-refractivity contribution in [2.24, 2.45) is 0 Å². The van der Waals surface area contributed by atoms with Crippen LogP contribution in [-0.4, -0.2) is 42.7 Å². The van der Waals surface area contributed by atoms with Crippen molar-refractivity contribution in [1.82, 2.24) is 10.2 Å². The highest BCUT2D eigenvalue weighted by atomic mass is 32.1. The van der Waals surface area contributed by atoms with E-state index in [1.165, 1.54) is 12.0 Å². The van der Waals surface area contributed by atoms with Crippen molar-refractivity contribution in [3.8, 4) is 5.75 Å². The summed E-state index contributed by atoms with van der Waals surface area (Å²) in [5, 5.41) is 3.03. The molecular formula is C16H18N2O4S. The number of hydrogen-bond acceptors (Lipinski definition) is 5. The third kappa shape index (κ3) is 3.50. The van der Waals surface area contributed by atoms with E-state index in [4.69, 9.17) is 17.0 Å². The number of thiocarbonyl (C=S) groups is 1. The van der Waals surface area contributed by atoms with Crippen LogP contribution in [0.15, 0.2) is 17.8 Å². The summed E-state index contributed by atoms with van der Waals surface area (Å²) < 4.78 is 9.85. The first kappa shape index (κ1) is 17.0. The number of methoxy groups -OCH3 is 2. The van der Waals surface area contributed by atoms with Crippen molar-refractivity contribution in [2.45, 2.75) is 13.8 Å². The minimum Gasteiger partial charge on any atom is -0.496 e. The first-order valence-electron chi connectivity index (χ1n) is 6.94. The van der Waals surface area contributed by atoms with Crippen LogP contribution in [0.4, 0.5) is 0 Å². The summed E-state index contributed by atoms with van der Waals surface area (Å²) in [4.78, 5) is 24.9. The fourth-order valence-electron chi connectivity index (χ4n) is 2.25. The zero-order valence-electron chi connectivity index (χ0n) is 13.4. The lowest BCUT2D eigenvalue weighted by molar-refractivity contribution is -0.143. The Kier molecular flexibility index (Phi) is 5.00. The quantitative estimate of drug-likeness (QED) is 0.512. The van der Waals surface area contributed by atoms with Crippen molar-refractivity contribution in [3.63, 3.8) is 0 Å². The summed E-state index contributed by atoms with van der Waals surface area (Å²) in [5.74, 6) is -0.0910. The molecule has 6 nitrogen and oxygen atoms in total. The Labute approximate surface area is 140 Å². The predicted molar refractivity (Wildman–Crippen MR) is 89.9 cm³/mol. The number of aryl methyl sites for hydroxylation is 2. The maximum absolute atomic E-state index is 12.4. The first-order chi connectivity index (χ1) is 10.9. The molecule has 0 saturated carbocycles. The maximum atomic E-state index is 12.4. The molecule has 0 spiro atoms. The Hall–Kier alpha value is -2.41. The number of nitrogens with one attached hydrogen (secondary N) is 1. The van der Waals surface area contributed by atoms with Crippen LogP contribution in [0.5, 0.6) is 5.75 Å². The van der Waals surface area contributed by atoms with Gasteiger partial charge in [-0.3, -0.25) is 14.5 Å². The summed E-state index contributed by atoms with van der Waals surface area (Å²) in [5.41, 5.74) is 3.13. The number of benzene rings is 1. The number of carbonyl (C=O) groups excluding carboxylic acids is 2. The third-order valence-corrected chi connectivity index (χ3v) is 3.88. The van der Waals surface area contributed by atoms with E-state index < -0.39 is 5.97 Å². The van der Waals surface area contributed by atoms with Crippen LogP contribution < -0.4 is 10.1 Å². The summed E-state index contributed by atoms with van der Waals surface area (Å²) in [6.45, 7) is 3.65. The standard InChI is InChI=1S/C16H18N2O4S/c1-9-6-13(21-3)10(2)5-11(9)7-12-15(20)18(16(23)17-12)8-14(19)22-4/h5-7H,8H2,1-4H3,(H,17,23)/b12-7-. The molecule has 0 atom stereocenters. The lowest BCUT2D eigenvalue weighted by Gasteiger charge is -2.11. The van der Waals surface area contributed by atoms with Gasteiger partial charge in [-0.1, -0.05) is 0 Å². The molecule has 1 aromatic carbocycles. The molecule has 0 aromatic heterocycles. The normalized spacial score (nSPS) is 15.8. The Balaban J connectivity index is 2.31. The summed E-state index contributed by atoms with van der Waals surface area (Å²) in [6.07, 6.45) is 1.72. The summed E-state index contributed by atoms with van der Waals surface area (Å²) in [6, 6.07) is 3.84. The van der Waals surface area contributed by atoms with Gasteiger partial charge in [0.15, 0.2) is 5.11 Å². The van der Waals surface area contributed by atoms with E-state index in [-0.39, 0.29) is 17.6 Å². The fraction of sp³-hybridized carbons (Fsp3) is 0.312. The Bertz CT molecular complexity index is 712. The predicted octanol–water partition coefficient (Wildman–Crippen LogP) is 1.54. The van der Waals surface area contributed by atoms with E-state index in [0.717, 1.165) is 22.4 Å². The number of carbonyl (C=O) groups is 2. The monoisotopic (exact) mass is 334 g/mol. The number of nitrogens with zero attached hydrogens (tertiary/aromatic N) is 1. The second-order valence-electron chi connectivity index (χ2n) is 5.13. The third-order valence-electron chi connectivity index (χ3n) is 3.56. The van der Waals surface area contributed by atoms with Crippen molar-refractivity contribution < 1.29 is 19.1 Å². The zero-order chi connectivity index (χ0) is 17.1. The number of ether oxygens (including phenoxy) is 2. The van der Waals surface area contributed by atoms with Gasteiger partial charge in [-0.2, -0.15) is 0 Å². The van der Waals surface area contributed by atoms with Gasteiger partial charge in [0, 0.05) is 0 Å². The number of esters is 1. The van der Waals surface area contributed by atoms with Crippen LogP contribution in [0, 0.1) is 13.8 Å². The molecule has 2 rings (SSSR count). The number of hydrogen-bond donors (Lipinski definition) is 1. The molecular weight excluding hydrogens is 316 g/mol. The molecule has 1 saturated heterocycles. The Morgan fingerprint density at radius 3 is 2.61 bits per heavy atom. The minimum atomic E-state index is -0.528. The van der Waals surface area contributed by atoms with Crippen LogP contribution in [-0.2, 0) is 14.3 Å². The summed E-state index contributed by atoms with van der Waals surface area (Å²) >= 11 is 5.10. The van der Waals surface area contributed by atoms with Gasteiger partial charge < -0.3 is 14.8 Å². The Morgan fingerprint density at radius 1 is 1.30 bits per heavy atom. The van der Waals surface area contributed by atoms with E-state index >= 15 is 0 Å². The fourth-order valence-corrected chi connectivity index (χ4v) is 2.51. The van der Waals surface area contributed by atoms with Crippen molar-refractivity contribution in [1.29, 1.82) is 0 Å². The molecule has 0 radical (unpaired) electrons. The molecule has 1 fully saturated rings. The van der Waals surface area contributed by atoms with Crippen LogP contribution in [0.25, 0.3) is 6.08 Å². The van der Waals surface area contributed by atoms with Gasteiger partial charge in [0.2, 0.25) is 0 Å². The molecule has 0 unspecified atom stereocenters. The van der Waals surface area contributed by atoms with Crippen LogP contribution in [0.1, 0.15) is 16.7 Å². The molecule has 1 aliphatic heterocycles.